The maximum absolute atomic E-state index is 12.3. The van der Waals surface area contributed by atoms with Gasteiger partial charge in [-0.05, 0) is 37.6 Å². The lowest BCUT2D eigenvalue weighted by Crippen LogP contribution is -2.14. The van der Waals surface area contributed by atoms with Crippen molar-refractivity contribution in [2.75, 3.05) is 5.32 Å². The molecule has 4 nitrogen and oxygen atoms in total. The van der Waals surface area contributed by atoms with Crippen LogP contribution in [-0.4, -0.2) is 15.9 Å². The summed E-state index contributed by atoms with van der Waals surface area (Å²) in [6.07, 6.45) is 3.83. The van der Waals surface area contributed by atoms with E-state index in [2.05, 4.69) is 15.3 Å². The van der Waals surface area contributed by atoms with Gasteiger partial charge in [-0.3, -0.25) is 9.78 Å². The minimum absolute atomic E-state index is 0.0210. The highest BCUT2D eigenvalue weighted by Gasteiger charge is 2.13. The van der Waals surface area contributed by atoms with Crippen molar-refractivity contribution in [1.29, 1.82) is 0 Å². The summed E-state index contributed by atoms with van der Waals surface area (Å²) in [4.78, 5) is 21.9. The third-order valence-electron chi connectivity index (χ3n) is 3.56. The lowest BCUT2D eigenvalue weighted by atomic mass is 10.2. The van der Waals surface area contributed by atoms with Crippen molar-refractivity contribution >= 4 is 22.9 Å². The Labute approximate surface area is 139 Å². The predicted molar refractivity (Wildman–Crippen MR) is 93.6 cm³/mol. The van der Waals surface area contributed by atoms with Crippen LogP contribution in [0.3, 0.4) is 0 Å². The molecule has 2 aromatic heterocycles. The molecule has 1 N–H and O–H groups in total. The van der Waals surface area contributed by atoms with Gasteiger partial charge in [0.05, 0.1) is 12.1 Å². The van der Waals surface area contributed by atoms with Crippen molar-refractivity contribution in [2.45, 2.75) is 20.3 Å². The number of hydrogen-bond donors (Lipinski definition) is 1. The molecule has 116 valence electrons. The fourth-order valence-electron chi connectivity index (χ4n) is 2.26. The molecule has 1 amide bonds. The second-order valence-electron chi connectivity index (χ2n) is 5.30. The number of para-hydroxylation sites is 1. The van der Waals surface area contributed by atoms with Gasteiger partial charge in [-0.25, -0.2) is 4.98 Å². The second-order valence-corrected chi connectivity index (χ2v) is 6.39. The average Bonchev–Trinajstić information content (AvgIpc) is 2.91. The molecular formula is C18H17N3OS. The number of benzene rings is 1. The fourth-order valence-corrected chi connectivity index (χ4v) is 3.33. The summed E-state index contributed by atoms with van der Waals surface area (Å²) in [5.41, 5.74) is 3.84. The van der Waals surface area contributed by atoms with Gasteiger partial charge in [0, 0.05) is 28.5 Å². The van der Waals surface area contributed by atoms with Crippen LogP contribution in [0.2, 0.25) is 0 Å². The first-order chi connectivity index (χ1) is 11.1. The quantitative estimate of drug-likeness (QED) is 0.789. The highest BCUT2D eigenvalue weighted by atomic mass is 32.1. The average molecular weight is 323 g/mol. The molecule has 3 aromatic rings. The number of aryl methyl sites for hydroxylation is 2. The number of thiazole rings is 1. The minimum atomic E-state index is -0.0210. The number of nitrogens with zero attached hydrogens (tertiary/aromatic N) is 2. The van der Waals surface area contributed by atoms with Crippen LogP contribution in [0.1, 0.15) is 16.1 Å². The number of pyridine rings is 1. The van der Waals surface area contributed by atoms with Crippen LogP contribution in [-0.2, 0) is 11.2 Å². The molecule has 0 bridgehead atoms. The Morgan fingerprint density at radius 1 is 1.13 bits per heavy atom. The van der Waals surface area contributed by atoms with Crippen LogP contribution in [0.5, 0.6) is 0 Å². The molecule has 3 rings (SSSR count). The van der Waals surface area contributed by atoms with E-state index in [1.54, 1.807) is 23.7 Å². The van der Waals surface area contributed by atoms with Gasteiger partial charge in [-0.2, -0.15) is 0 Å². The molecule has 0 spiro atoms. The molecule has 5 heteroatoms. The van der Waals surface area contributed by atoms with Crippen molar-refractivity contribution in [3.8, 4) is 10.6 Å². The molecule has 0 atom stereocenters. The zero-order chi connectivity index (χ0) is 16.2. The summed E-state index contributed by atoms with van der Waals surface area (Å²) >= 11 is 1.56. The van der Waals surface area contributed by atoms with E-state index in [9.17, 15) is 4.79 Å². The predicted octanol–water partition coefficient (Wildman–Crippen LogP) is 4.00. The molecule has 0 unspecified atom stereocenters. The first-order valence-corrected chi connectivity index (χ1v) is 8.17. The van der Waals surface area contributed by atoms with Crippen LogP contribution in [0.15, 0.2) is 48.8 Å². The summed E-state index contributed by atoms with van der Waals surface area (Å²) < 4.78 is 0. The second kappa shape index (κ2) is 6.71. The first-order valence-electron chi connectivity index (χ1n) is 7.35. The van der Waals surface area contributed by atoms with Crippen molar-refractivity contribution in [2.24, 2.45) is 0 Å². The molecule has 0 aliphatic carbocycles. The van der Waals surface area contributed by atoms with Gasteiger partial charge in [0.1, 0.15) is 5.01 Å². The topological polar surface area (TPSA) is 54.9 Å². The minimum Gasteiger partial charge on any atom is -0.326 e. The van der Waals surface area contributed by atoms with Gasteiger partial charge >= 0.3 is 0 Å². The highest BCUT2D eigenvalue weighted by molar-refractivity contribution is 7.15. The number of amides is 1. The van der Waals surface area contributed by atoms with Crippen LogP contribution >= 0.6 is 11.3 Å². The van der Waals surface area contributed by atoms with Gasteiger partial charge in [-0.15, -0.1) is 11.3 Å². The molecule has 1 aromatic carbocycles. The van der Waals surface area contributed by atoms with E-state index < -0.39 is 0 Å². The number of anilines is 1. The van der Waals surface area contributed by atoms with Gasteiger partial charge in [-0.1, -0.05) is 18.2 Å². The third-order valence-corrected chi connectivity index (χ3v) is 4.77. The normalized spacial score (nSPS) is 10.5. The van der Waals surface area contributed by atoms with Gasteiger partial charge < -0.3 is 5.32 Å². The smallest absolute Gasteiger partial charge is 0.229 e. The molecule has 0 saturated heterocycles. The molecule has 0 radical (unpaired) electrons. The van der Waals surface area contributed by atoms with Gasteiger partial charge in [0.2, 0.25) is 5.91 Å². The third kappa shape index (κ3) is 3.63. The number of aromatic nitrogens is 2. The van der Waals surface area contributed by atoms with E-state index in [0.717, 1.165) is 32.4 Å². The Bertz CT molecular complexity index is 827. The SMILES string of the molecule is Cc1ccccc1NC(=O)Cc1sc(-c2ccncc2)nc1C. The highest BCUT2D eigenvalue weighted by Crippen LogP contribution is 2.28. The first kappa shape index (κ1) is 15.4. The lowest BCUT2D eigenvalue weighted by molar-refractivity contribution is -0.115. The Balaban J connectivity index is 1.74. The Morgan fingerprint density at radius 2 is 1.87 bits per heavy atom. The summed E-state index contributed by atoms with van der Waals surface area (Å²) in [7, 11) is 0. The zero-order valence-electron chi connectivity index (χ0n) is 13.0. The summed E-state index contributed by atoms with van der Waals surface area (Å²) in [6.45, 7) is 3.92. The maximum atomic E-state index is 12.3. The molecule has 0 aliphatic rings. The van der Waals surface area contributed by atoms with Crippen molar-refractivity contribution in [3.05, 3.63) is 64.9 Å². The van der Waals surface area contributed by atoms with Crippen LogP contribution in [0, 0.1) is 13.8 Å². The lowest BCUT2D eigenvalue weighted by Gasteiger charge is -2.07. The molecule has 0 saturated carbocycles. The Morgan fingerprint density at radius 3 is 2.61 bits per heavy atom. The zero-order valence-corrected chi connectivity index (χ0v) is 13.9. The number of hydrogen-bond acceptors (Lipinski definition) is 4. The van der Waals surface area contributed by atoms with E-state index in [-0.39, 0.29) is 5.91 Å². The van der Waals surface area contributed by atoms with Crippen molar-refractivity contribution in [3.63, 3.8) is 0 Å². The summed E-state index contributed by atoms with van der Waals surface area (Å²) in [5.74, 6) is -0.0210. The largest absolute Gasteiger partial charge is 0.326 e. The van der Waals surface area contributed by atoms with Crippen LogP contribution in [0.4, 0.5) is 5.69 Å². The number of carbonyl (C=O) groups is 1. The summed E-state index contributed by atoms with van der Waals surface area (Å²) in [5, 5.41) is 3.88. The monoisotopic (exact) mass is 323 g/mol. The van der Waals surface area contributed by atoms with Crippen molar-refractivity contribution in [1.82, 2.24) is 9.97 Å². The standard InChI is InChI=1S/C18H17N3OS/c1-12-5-3-4-6-15(12)21-17(22)11-16-13(2)20-18(23-16)14-7-9-19-10-8-14/h3-10H,11H2,1-2H3,(H,21,22). The van der Waals surface area contributed by atoms with Crippen LogP contribution in [0.25, 0.3) is 10.6 Å². The Kier molecular flexibility index (Phi) is 4.48. The molecular weight excluding hydrogens is 306 g/mol. The van der Waals surface area contributed by atoms with E-state index in [1.165, 1.54) is 0 Å². The van der Waals surface area contributed by atoms with Gasteiger partial charge in [0.25, 0.3) is 0 Å². The number of rotatable bonds is 4. The van der Waals surface area contributed by atoms with E-state index in [1.807, 2.05) is 50.2 Å². The fraction of sp³-hybridized carbons (Fsp3) is 0.167. The van der Waals surface area contributed by atoms with E-state index in [4.69, 9.17) is 0 Å². The molecule has 2 heterocycles. The van der Waals surface area contributed by atoms with E-state index in [0.29, 0.717) is 6.42 Å². The number of carbonyl (C=O) groups excluding carboxylic acids is 1. The van der Waals surface area contributed by atoms with E-state index >= 15 is 0 Å². The molecule has 0 fully saturated rings. The van der Waals surface area contributed by atoms with Gasteiger partial charge in [0.15, 0.2) is 0 Å². The maximum Gasteiger partial charge on any atom is 0.229 e. The number of nitrogens with one attached hydrogen (secondary N) is 1. The van der Waals surface area contributed by atoms with Crippen molar-refractivity contribution < 1.29 is 4.79 Å². The molecule has 0 aliphatic heterocycles. The summed E-state index contributed by atoms with van der Waals surface area (Å²) in [6, 6.07) is 11.6. The molecule has 23 heavy (non-hydrogen) atoms. The Hall–Kier alpha value is -2.53. The van der Waals surface area contributed by atoms with Crippen LogP contribution < -0.4 is 5.32 Å².